The predicted octanol–water partition coefficient (Wildman–Crippen LogP) is 19.0. The second-order valence-electron chi connectivity index (χ2n) is 20.4. The molecule has 0 aliphatic carbocycles. The Balaban J connectivity index is 4.27. The maximum absolute atomic E-state index is 12.8. The number of unbranched alkanes of at least 4 members (excludes halogenated alkanes) is 40. The van der Waals surface area contributed by atoms with E-state index in [0.29, 0.717) is 19.3 Å². The van der Waals surface area contributed by atoms with Crippen molar-refractivity contribution in [2.24, 2.45) is 5.92 Å². The van der Waals surface area contributed by atoms with E-state index in [1.807, 2.05) is 0 Å². The Kier molecular flexibility index (Phi) is 51.1. The Morgan fingerprint density at radius 2 is 0.516 bits per heavy atom. The Morgan fingerprint density at radius 3 is 0.766 bits per heavy atom. The molecule has 0 N–H and O–H groups in total. The van der Waals surface area contributed by atoms with Crippen LogP contribution in [0.4, 0.5) is 0 Å². The monoisotopic (exact) mass is 905 g/mol. The summed E-state index contributed by atoms with van der Waals surface area (Å²) in [5.41, 5.74) is 0. The molecule has 0 aromatic rings. The van der Waals surface area contributed by atoms with Crippen LogP contribution in [0, 0.1) is 5.92 Å². The van der Waals surface area contributed by atoms with Crippen LogP contribution in [0.25, 0.3) is 0 Å². The molecule has 0 aliphatic heterocycles. The highest BCUT2D eigenvalue weighted by molar-refractivity contribution is 5.71. The Bertz CT molecular complexity index is 964. The maximum atomic E-state index is 12.8. The van der Waals surface area contributed by atoms with Crippen molar-refractivity contribution in [2.45, 2.75) is 336 Å². The quantitative estimate of drug-likeness (QED) is 0.0344. The minimum Gasteiger partial charge on any atom is -0.462 e. The molecule has 64 heavy (non-hydrogen) atoms. The molecule has 0 aliphatic rings. The van der Waals surface area contributed by atoms with Gasteiger partial charge in [0.25, 0.3) is 0 Å². The molecular weight excluding hydrogens is 793 g/mol. The molecule has 0 rings (SSSR count). The Labute approximate surface area is 399 Å². The molecule has 0 radical (unpaired) electrons. The first-order valence-corrected chi connectivity index (χ1v) is 28.9. The molecule has 0 heterocycles. The molecule has 0 bridgehead atoms. The zero-order valence-electron chi connectivity index (χ0n) is 43.8. The third-order valence-corrected chi connectivity index (χ3v) is 13.3. The molecule has 0 fully saturated rings. The summed E-state index contributed by atoms with van der Waals surface area (Å²) < 4.78 is 16.9. The van der Waals surface area contributed by atoms with Crippen LogP contribution in [0.5, 0.6) is 0 Å². The van der Waals surface area contributed by atoms with Crippen molar-refractivity contribution in [3.63, 3.8) is 0 Å². The van der Waals surface area contributed by atoms with Crippen molar-refractivity contribution in [2.75, 3.05) is 13.2 Å². The number of hydrogen-bond donors (Lipinski definition) is 0. The number of esters is 3. The topological polar surface area (TPSA) is 78.9 Å². The molecule has 6 nitrogen and oxygen atoms in total. The Hall–Kier alpha value is -1.59. The number of carbonyl (C=O) groups excluding carboxylic acids is 3. The summed E-state index contributed by atoms with van der Waals surface area (Å²) in [7, 11) is 0. The molecule has 0 spiro atoms. The zero-order valence-corrected chi connectivity index (χ0v) is 43.8. The third-order valence-electron chi connectivity index (χ3n) is 13.3. The van der Waals surface area contributed by atoms with E-state index in [1.54, 1.807) is 0 Å². The van der Waals surface area contributed by atoms with E-state index >= 15 is 0 Å². The van der Waals surface area contributed by atoms with Gasteiger partial charge in [0.2, 0.25) is 0 Å². The van der Waals surface area contributed by atoms with Gasteiger partial charge < -0.3 is 14.2 Å². The first kappa shape index (κ1) is 62.4. The van der Waals surface area contributed by atoms with Gasteiger partial charge in [0, 0.05) is 19.3 Å². The molecular formula is C58H112O6. The lowest BCUT2D eigenvalue weighted by Gasteiger charge is -2.18. The lowest BCUT2D eigenvalue weighted by molar-refractivity contribution is -0.167. The number of ether oxygens (including phenoxy) is 3. The SMILES string of the molecule is CCCCCCCCCCCCCCCCCCCCC(=O)OC[C@@H](COC(=O)CCCCCCCCCCCCCC)OC(=O)CCCCCCCCCCCCCCCC(C)C. The summed E-state index contributed by atoms with van der Waals surface area (Å²) in [6.45, 7) is 9.06. The van der Waals surface area contributed by atoms with Crippen LogP contribution in [0.15, 0.2) is 0 Å². The minimum atomic E-state index is -0.761. The molecule has 0 unspecified atom stereocenters. The minimum absolute atomic E-state index is 0.0619. The predicted molar refractivity (Wildman–Crippen MR) is 275 cm³/mol. The second kappa shape index (κ2) is 52.4. The van der Waals surface area contributed by atoms with Gasteiger partial charge in [0.15, 0.2) is 6.10 Å². The normalized spacial score (nSPS) is 12.0. The summed E-state index contributed by atoms with van der Waals surface area (Å²) >= 11 is 0. The van der Waals surface area contributed by atoms with Gasteiger partial charge in [-0.15, -0.1) is 0 Å². The fraction of sp³-hybridized carbons (Fsp3) is 0.948. The van der Waals surface area contributed by atoms with Gasteiger partial charge in [0.1, 0.15) is 13.2 Å². The summed E-state index contributed by atoms with van der Waals surface area (Å²) in [6, 6.07) is 0. The first-order chi connectivity index (χ1) is 31.4. The van der Waals surface area contributed by atoms with E-state index in [0.717, 1.165) is 63.7 Å². The van der Waals surface area contributed by atoms with Crippen molar-refractivity contribution in [1.82, 2.24) is 0 Å². The van der Waals surface area contributed by atoms with E-state index in [9.17, 15) is 14.4 Å². The van der Waals surface area contributed by atoms with Crippen LogP contribution in [0.2, 0.25) is 0 Å². The number of rotatable bonds is 53. The highest BCUT2D eigenvalue weighted by atomic mass is 16.6. The van der Waals surface area contributed by atoms with Crippen LogP contribution in [0.3, 0.4) is 0 Å². The standard InChI is InChI=1S/C58H112O6/c1-5-7-9-11-13-15-17-19-20-21-22-23-26-30-34-38-42-46-50-57(60)63-53-55(52-62-56(59)49-45-41-37-33-29-18-16-14-12-10-8-6-2)64-58(61)51-47-43-39-35-31-27-24-25-28-32-36-40-44-48-54(3)4/h54-55H,5-53H2,1-4H3/t55-/m1/s1. The fourth-order valence-electron chi connectivity index (χ4n) is 8.92. The summed E-state index contributed by atoms with van der Waals surface area (Å²) in [4.78, 5) is 38.1. The molecule has 0 aromatic carbocycles. The largest absolute Gasteiger partial charge is 0.462 e. The van der Waals surface area contributed by atoms with E-state index in [1.165, 1.54) is 225 Å². The van der Waals surface area contributed by atoms with Crippen molar-refractivity contribution < 1.29 is 28.6 Å². The first-order valence-electron chi connectivity index (χ1n) is 28.9. The number of carbonyl (C=O) groups is 3. The lowest BCUT2D eigenvalue weighted by atomic mass is 10.0. The average molecular weight is 906 g/mol. The van der Waals surface area contributed by atoms with Crippen molar-refractivity contribution in [3.8, 4) is 0 Å². The highest BCUT2D eigenvalue weighted by Gasteiger charge is 2.19. The van der Waals surface area contributed by atoms with Gasteiger partial charge in [-0.2, -0.15) is 0 Å². The smallest absolute Gasteiger partial charge is 0.306 e. The molecule has 0 saturated carbocycles. The van der Waals surface area contributed by atoms with Crippen LogP contribution in [0.1, 0.15) is 329 Å². The molecule has 0 saturated heterocycles. The van der Waals surface area contributed by atoms with E-state index < -0.39 is 6.10 Å². The highest BCUT2D eigenvalue weighted by Crippen LogP contribution is 2.18. The molecule has 0 amide bonds. The van der Waals surface area contributed by atoms with Crippen molar-refractivity contribution in [1.29, 1.82) is 0 Å². The van der Waals surface area contributed by atoms with E-state index in [-0.39, 0.29) is 31.1 Å². The average Bonchev–Trinajstić information content (AvgIpc) is 3.28. The lowest BCUT2D eigenvalue weighted by Crippen LogP contribution is -2.30. The number of hydrogen-bond acceptors (Lipinski definition) is 6. The van der Waals surface area contributed by atoms with Crippen LogP contribution >= 0.6 is 0 Å². The summed E-state index contributed by atoms with van der Waals surface area (Å²) in [5.74, 6) is 0.00218. The van der Waals surface area contributed by atoms with Gasteiger partial charge in [0.05, 0.1) is 0 Å². The third kappa shape index (κ3) is 51.4. The van der Waals surface area contributed by atoms with Crippen molar-refractivity contribution in [3.05, 3.63) is 0 Å². The van der Waals surface area contributed by atoms with Crippen LogP contribution < -0.4 is 0 Å². The van der Waals surface area contributed by atoms with Gasteiger partial charge >= 0.3 is 17.9 Å². The Morgan fingerprint density at radius 1 is 0.297 bits per heavy atom. The fourth-order valence-corrected chi connectivity index (χ4v) is 8.92. The van der Waals surface area contributed by atoms with Gasteiger partial charge in [-0.1, -0.05) is 291 Å². The summed E-state index contributed by atoms with van der Waals surface area (Å²) in [6.07, 6.45) is 56.6. The summed E-state index contributed by atoms with van der Waals surface area (Å²) in [5, 5.41) is 0. The molecule has 1 atom stereocenters. The van der Waals surface area contributed by atoms with Crippen molar-refractivity contribution >= 4 is 17.9 Å². The zero-order chi connectivity index (χ0) is 46.7. The molecule has 380 valence electrons. The molecule has 0 aromatic heterocycles. The van der Waals surface area contributed by atoms with E-state index in [2.05, 4.69) is 27.7 Å². The van der Waals surface area contributed by atoms with Gasteiger partial charge in [-0.3, -0.25) is 14.4 Å². The van der Waals surface area contributed by atoms with Crippen LogP contribution in [-0.4, -0.2) is 37.2 Å². The van der Waals surface area contributed by atoms with Crippen LogP contribution in [-0.2, 0) is 28.6 Å². The maximum Gasteiger partial charge on any atom is 0.306 e. The second-order valence-corrected chi connectivity index (χ2v) is 20.4. The molecule has 6 heteroatoms. The van der Waals surface area contributed by atoms with Gasteiger partial charge in [-0.25, -0.2) is 0 Å². The van der Waals surface area contributed by atoms with Gasteiger partial charge in [-0.05, 0) is 25.2 Å². The van der Waals surface area contributed by atoms with E-state index in [4.69, 9.17) is 14.2 Å².